The molecule has 10 heteroatoms. The van der Waals surface area contributed by atoms with Gasteiger partial charge >= 0.3 is 0 Å². The Kier molecular flexibility index (Phi) is 9.80. The highest BCUT2D eigenvalue weighted by Crippen LogP contribution is 2.78. The van der Waals surface area contributed by atoms with Crippen molar-refractivity contribution in [3.05, 3.63) is 0 Å². The summed E-state index contributed by atoms with van der Waals surface area (Å²) in [5, 5.41) is 0. The van der Waals surface area contributed by atoms with Crippen molar-refractivity contribution in [3.63, 3.8) is 0 Å². The van der Waals surface area contributed by atoms with Gasteiger partial charge < -0.3 is 0 Å². The zero-order valence-corrected chi connectivity index (χ0v) is 24.3. The van der Waals surface area contributed by atoms with Gasteiger partial charge in [-0.25, -0.2) is 0 Å². The third kappa shape index (κ3) is 6.02. The van der Waals surface area contributed by atoms with Gasteiger partial charge in [0, 0.05) is 19.3 Å². The highest BCUT2D eigenvalue weighted by Gasteiger charge is 2.58. The van der Waals surface area contributed by atoms with Crippen LogP contribution < -0.4 is 0 Å². The van der Waals surface area contributed by atoms with Crippen LogP contribution in [-0.4, -0.2) is 34.5 Å². The van der Waals surface area contributed by atoms with Gasteiger partial charge in [-0.3, -0.25) is 0 Å². The van der Waals surface area contributed by atoms with Gasteiger partial charge in [0.05, 0.1) is 0 Å². The molecule has 0 saturated carbocycles. The maximum atomic E-state index is 4.09. The molecule has 4 fully saturated rings. The number of rotatable bonds is 9. The number of hydrogen-bond donors (Lipinski definition) is 0. The van der Waals surface area contributed by atoms with Gasteiger partial charge in [-0.05, 0) is 25.7 Å². The van der Waals surface area contributed by atoms with E-state index in [0.717, 1.165) is 11.7 Å². The van der Waals surface area contributed by atoms with Crippen molar-refractivity contribution in [2.45, 2.75) is 73.5 Å². The lowest BCUT2D eigenvalue weighted by molar-refractivity contribution is 0.617. The normalized spacial score (nSPS) is 39.6. The summed E-state index contributed by atoms with van der Waals surface area (Å²) >= 11 is 28.8. The van der Waals surface area contributed by atoms with Crippen molar-refractivity contribution in [2.24, 2.45) is 0 Å². The van der Waals surface area contributed by atoms with Gasteiger partial charge in [0.1, 0.15) is 15.2 Å². The van der Waals surface area contributed by atoms with Crippen LogP contribution in [0.15, 0.2) is 0 Å². The van der Waals surface area contributed by atoms with Crippen LogP contribution in [0.3, 0.4) is 0 Å². The molecule has 4 saturated heterocycles. The van der Waals surface area contributed by atoms with E-state index in [2.05, 4.69) is 141 Å². The molecule has 4 heterocycles. The van der Waals surface area contributed by atoms with Gasteiger partial charge in [-0.1, -0.05) is 77.1 Å². The number of alkyl halides is 4. The van der Waals surface area contributed by atoms with Crippen molar-refractivity contribution in [1.29, 1.82) is 0 Å². The van der Waals surface area contributed by atoms with Crippen LogP contribution >= 0.6 is 134 Å². The van der Waals surface area contributed by atoms with Crippen LogP contribution in [-0.2, 0) is 0 Å². The van der Waals surface area contributed by atoms with Crippen molar-refractivity contribution in [2.75, 3.05) is 0 Å². The fourth-order valence-corrected chi connectivity index (χ4v) is 26.4. The van der Waals surface area contributed by atoms with Crippen LogP contribution in [0.1, 0.15) is 39.0 Å². The lowest BCUT2D eigenvalue weighted by atomic mass is 10.1. The summed E-state index contributed by atoms with van der Waals surface area (Å²) in [5.41, 5.74) is 0. The zero-order valence-electron chi connectivity index (χ0n) is 13.0. The van der Waals surface area contributed by atoms with E-state index in [1.807, 2.05) is 0 Å². The second-order valence-electron chi connectivity index (χ2n) is 5.99. The third-order valence-electron chi connectivity index (χ3n) is 3.92. The molecule has 4 aliphatic heterocycles. The molecule has 4 aliphatic rings. The van der Waals surface area contributed by atoms with Crippen LogP contribution in [0, 0.1) is 0 Å². The predicted octanol–water partition coefficient (Wildman–Crippen LogP) is 8.96. The highest BCUT2D eigenvalue weighted by atomic mass is 79.9. The van der Waals surface area contributed by atoms with Gasteiger partial charge in [0.15, 0.2) is 0 Å². The molecule has 0 aliphatic carbocycles. The van der Waals surface area contributed by atoms with E-state index >= 15 is 0 Å². The molecular formula is C14H20Br4S6. The molecule has 0 aromatic rings. The Bertz CT molecular complexity index is 393. The maximum Gasteiger partial charge on any atom is 0.125 e. The fourth-order valence-electron chi connectivity index (χ4n) is 2.79. The second-order valence-corrected chi connectivity index (χ2v) is 22.1. The Morgan fingerprint density at radius 2 is 1.21 bits per heavy atom. The fraction of sp³-hybridized carbons (Fsp3) is 1.00. The predicted molar refractivity (Wildman–Crippen MR) is 139 cm³/mol. The minimum atomic E-state index is 0.315. The Hall–Kier alpha value is 4.02. The largest absolute Gasteiger partial charge is 0.125 e. The molecule has 0 nitrogen and oxygen atoms in total. The molecule has 24 heavy (non-hydrogen) atoms. The minimum absolute atomic E-state index is 0.315. The van der Waals surface area contributed by atoms with Crippen LogP contribution in [0.2, 0.25) is 0 Å². The van der Waals surface area contributed by atoms with E-state index in [1.165, 1.54) is 32.1 Å². The van der Waals surface area contributed by atoms with Gasteiger partial charge in [-0.15, -0.1) is 70.6 Å². The summed E-state index contributed by atoms with van der Waals surface area (Å²) < 4.78 is 2.54. The molecule has 4 bridgehead atoms. The van der Waals surface area contributed by atoms with Gasteiger partial charge in [0.25, 0.3) is 0 Å². The van der Waals surface area contributed by atoms with Crippen LogP contribution in [0.4, 0.5) is 0 Å². The van der Waals surface area contributed by atoms with Crippen molar-refractivity contribution in [1.82, 2.24) is 0 Å². The molecule has 4 atom stereocenters. The molecule has 4 unspecified atom stereocenters. The van der Waals surface area contributed by atoms with Gasteiger partial charge in [0.2, 0.25) is 0 Å². The lowest BCUT2D eigenvalue weighted by Gasteiger charge is -2.55. The second kappa shape index (κ2) is 10.4. The summed E-state index contributed by atoms with van der Waals surface area (Å²) in [5.74, 6) is 0. The Labute approximate surface area is 205 Å². The first-order valence-electron chi connectivity index (χ1n) is 7.96. The molecular weight excluding hydrogens is 680 g/mol. The standard InChI is InChI=1S/C14H20Br4S6/c1-2-3-7(15)4-8(16)5-9(17)6-10(18)14-22-11-19-12(23-14)21-13(20-11)24-14/h7-13H,2-6H2,1H3. The SMILES string of the molecule is CCCC(Br)CC(Br)CC(Br)CC(Br)C12SC3SC(SC(S3)S1)S2. The van der Waals surface area contributed by atoms with Gasteiger partial charge in [-0.2, -0.15) is 0 Å². The summed E-state index contributed by atoms with van der Waals surface area (Å²) in [6, 6.07) is 0. The van der Waals surface area contributed by atoms with E-state index in [0.29, 0.717) is 22.7 Å². The van der Waals surface area contributed by atoms with E-state index in [9.17, 15) is 0 Å². The summed E-state index contributed by atoms with van der Waals surface area (Å²) in [6.45, 7) is 2.26. The molecule has 0 aromatic carbocycles. The van der Waals surface area contributed by atoms with E-state index in [4.69, 9.17) is 0 Å². The summed E-state index contributed by atoms with van der Waals surface area (Å²) in [7, 11) is 0. The van der Waals surface area contributed by atoms with E-state index in [-0.39, 0.29) is 0 Å². The average molecular weight is 700 g/mol. The minimum Gasteiger partial charge on any atom is -0.111 e. The van der Waals surface area contributed by atoms with Crippen molar-refractivity contribution in [3.8, 4) is 0 Å². The molecule has 0 aromatic heterocycles. The van der Waals surface area contributed by atoms with E-state index < -0.39 is 0 Å². The number of hydrogen-bond acceptors (Lipinski definition) is 6. The zero-order chi connectivity index (χ0) is 17.3. The lowest BCUT2D eigenvalue weighted by Crippen LogP contribution is -2.43. The maximum absolute atomic E-state index is 4.09. The van der Waals surface area contributed by atoms with Crippen molar-refractivity contribution < 1.29 is 0 Å². The molecule has 0 radical (unpaired) electrons. The first kappa shape index (κ1) is 22.7. The summed E-state index contributed by atoms with van der Waals surface area (Å²) in [4.78, 5) is 2.35. The third-order valence-corrected chi connectivity index (χ3v) is 19.4. The van der Waals surface area contributed by atoms with Crippen LogP contribution in [0.25, 0.3) is 0 Å². The number of thioether (sulfide) groups is 6. The number of halogens is 4. The average Bonchev–Trinajstić information content (AvgIpc) is 2.45. The van der Waals surface area contributed by atoms with Crippen molar-refractivity contribution >= 4 is 134 Å². The molecule has 0 amide bonds. The first-order chi connectivity index (χ1) is 11.4. The molecule has 4 rings (SSSR count). The Morgan fingerprint density at radius 1 is 0.750 bits per heavy atom. The van der Waals surface area contributed by atoms with Crippen LogP contribution in [0.5, 0.6) is 0 Å². The highest BCUT2D eigenvalue weighted by molar-refractivity contribution is 9.10. The molecule has 140 valence electrons. The molecule has 0 spiro atoms. The monoisotopic (exact) mass is 696 g/mol. The summed E-state index contributed by atoms with van der Waals surface area (Å²) in [6.07, 6.45) is 6.12. The molecule has 0 N–H and O–H groups in total. The quantitative estimate of drug-likeness (QED) is 0.219. The smallest absolute Gasteiger partial charge is 0.111 e. The first-order valence-corrected chi connectivity index (χ1v) is 17.1. The Balaban J connectivity index is 1.48. The van der Waals surface area contributed by atoms with E-state index in [1.54, 1.807) is 0 Å². The Morgan fingerprint density at radius 3 is 1.71 bits per heavy atom. The topological polar surface area (TPSA) is 0 Å².